The number of fused-ring (bicyclic) bond motifs is 3. The Bertz CT molecular complexity index is 2250. The van der Waals surface area contributed by atoms with Crippen molar-refractivity contribution >= 4 is 37.5 Å². The molecule has 2 saturated heterocycles. The average Bonchev–Trinajstić information content (AvgIpc) is 3.35. The van der Waals surface area contributed by atoms with Crippen molar-refractivity contribution in [1.82, 2.24) is 18.8 Å². The van der Waals surface area contributed by atoms with Crippen LogP contribution in [0.5, 0.6) is 5.75 Å². The summed E-state index contributed by atoms with van der Waals surface area (Å²) in [6, 6.07) is 3.00. The van der Waals surface area contributed by atoms with Gasteiger partial charge in [-0.2, -0.15) is 8.78 Å². The summed E-state index contributed by atoms with van der Waals surface area (Å²) in [7, 11) is -4.17. The summed E-state index contributed by atoms with van der Waals surface area (Å²) in [6.45, 7) is 1.87. The Balaban J connectivity index is 1.41. The lowest BCUT2D eigenvalue weighted by Gasteiger charge is -2.33. The first-order valence-corrected chi connectivity index (χ1v) is 19.1. The van der Waals surface area contributed by atoms with Gasteiger partial charge in [-0.25, -0.2) is 27.2 Å². The van der Waals surface area contributed by atoms with E-state index in [1.807, 2.05) is 0 Å². The first-order chi connectivity index (χ1) is 24.5. The third-order valence-electron chi connectivity index (χ3n) is 10.3. The molecular formula is C34H37F3N4O9S2. The number of nitrogens with one attached hydrogen (secondary N) is 1. The van der Waals surface area contributed by atoms with Gasteiger partial charge < -0.3 is 18.6 Å². The largest absolute Gasteiger partial charge is 0.444 e. The smallest absolute Gasteiger partial charge is 0.387 e. The highest BCUT2D eigenvalue weighted by Crippen LogP contribution is 2.43. The van der Waals surface area contributed by atoms with Gasteiger partial charge in [0.1, 0.15) is 34.3 Å². The number of hydrogen-bond acceptors (Lipinski definition) is 11. The standard InChI is InChI=1S/C34H37F3N4O9S2/c1-17-25-28(42)41(33(2,3)30(43)39-52(45,46)34(4)9-10-34)32(44)40(29(25)51-26(17)27-38-11-12-47-27)16-24(49-21-14-19-6-7-20(15-21)48-19)22-13-18(35)5-8-23(22)50-31(36)37/h5,8,11-13,19-21,24,31H,6-7,9-10,14-16H2,1-4H3,(H,39,43)/t19-,20-,24+/m1/s1. The lowest BCUT2D eigenvalue weighted by atomic mass is 10.0. The van der Waals surface area contributed by atoms with Crippen LogP contribution in [-0.2, 0) is 36.4 Å². The number of halogens is 3. The molecule has 1 saturated carbocycles. The van der Waals surface area contributed by atoms with Crippen molar-refractivity contribution in [3.05, 3.63) is 68.4 Å². The van der Waals surface area contributed by atoms with E-state index in [0.29, 0.717) is 40.7 Å². The molecule has 3 atom stereocenters. The number of aryl methyl sites for hydroxylation is 1. The van der Waals surface area contributed by atoms with E-state index >= 15 is 0 Å². The molecule has 3 aliphatic rings. The Morgan fingerprint density at radius 3 is 2.50 bits per heavy atom. The number of amides is 1. The van der Waals surface area contributed by atoms with E-state index in [2.05, 4.69) is 9.71 Å². The molecule has 4 aromatic rings. The zero-order valence-electron chi connectivity index (χ0n) is 28.7. The molecule has 3 aromatic heterocycles. The van der Waals surface area contributed by atoms with Gasteiger partial charge in [0.15, 0.2) is 0 Å². The van der Waals surface area contributed by atoms with E-state index in [1.165, 1.54) is 33.2 Å². The molecule has 1 N–H and O–H groups in total. The molecule has 0 radical (unpaired) electrons. The van der Waals surface area contributed by atoms with Gasteiger partial charge in [0, 0.05) is 5.56 Å². The molecule has 3 fully saturated rings. The molecule has 1 aliphatic carbocycles. The highest BCUT2D eigenvalue weighted by Gasteiger charge is 2.52. The van der Waals surface area contributed by atoms with Gasteiger partial charge in [0.05, 0.1) is 46.1 Å². The molecule has 0 spiro atoms. The predicted molar refractivity (Wildman–Crippen MR) is 182 cm³/mol. The van der Waals surface area contributed by atoms with Crippen LogP contribution in [0.2, 0.25) is 0 Å². The molecule has 2 bridgehead atoms. The number of hydrogen-bond donors (Lipinski definition) is 1. The zero-order valence-corrected chi connectivity index (χ0v) is 30.3. The van der Waals surface area contributed by atoms with Crippen LogP contribution >= 0.6 is 11.3 Å². The van der Waals surface area contributed by atoms with Gasteiger partial charge in [-0.15, -0.1) is 11.3 Å². The maximum atomic E-state index is 14.9. The van der Waals surface area contributed by atoms with Crippen molar-refractivity contribution < 1.29 is 45.0 Å². The molecule has 1 aromatic carbocycles. The lowest BCUT2D eigenvalue weighted by Crippen LogP contribution is -2.57. The minimum absolute atomic E-state index is 0.00171. The molecule has 5 heterocycles. The number of sulfonamides is 1. The van der Waals surface area contributed by atoms with Crippen molar-refractivity contribution in [2.45, 2.75) is 114 Å². The number of ether oxygens (including phenoxy) is 3. The Labute approximate surface area is 299 Å². The Kier molecular flexibility index (Phi) is 9.19. The van der Waals surface area contributed by atoms with E-state index in [4.69, 9.17) is 18.6 Å². The van der Waals surface area contributed by atoms with Gasteiger partial charge in [0.25, 0.3) is 11.5 Å². The second kappa shape index (κ2) is 13.1. The fourth-order valence-electron chi connectivity index (χ4n) is 6.96. The summed E-state index contributed by atoms with van der Waals surface area (Å²) in [5.41, 5.74) is -3.74. The normalized spacial score (nSPS) is 21.8. The number of thiophene rings is 1. The maximum absolute atomic E-state index is 14.9. The minimum Gasteiger partial charge on any atom is -0.444 e. The van der Waals surface area contributed by atoms with Crippen LogP contribution < -0.4 is 20.7 Å². The van der Waals surface area contributed by atoms with Crippen LogP contribution in [0.3, 0.4) is 0 Å². The summed E-state index contributed by atoms with van der Waals surface area (Å²) in [6.07, 6.45) is 3.99. The van der Waals surface area contributed by atoms with Gasteiger partial charge in [-0.3, -0.25) is 18.9 Å². The second-order valence-corrected chi connectivity index (χ2v) is 17.5. The van der Waals surface area contributed by atoms with E-state index in [-0.39, 0.29) is 39.6 Å². The third-order valence-corrected chi connectivity index (χ3v) is 13.7. The Hall–Kier alpha value is -4.00. The number of aromatic nitrogens is 3. The van der Waals surface area contributed by atoms with E-state index in [9.17, 15) is 36.0 Å². The highest BCUT2D eigenvalue weighted by atomic mass is 32.2. The van der Waals surface area contributed by atoms with Gasteiger partial charge in [-0.05, 0) is 90.0 Å². The number of carbonyl (C=O) groups is 1. The summed E-state index contributed by atoms with van der Waals surface area (Å²) >= 11 is 0.994. The van der Waals surface area contributed by atoms with Crippen molar-refractivity contribution in [3.63, 3.8) is 0 Å². The molecule has 280 valence electrons. The fourth-order valence-corrected chi connectivity index (χ4v) is 9.59. The number of rotatable bonds is 12. The van der Waals surface area contributed by atoms with Crippen molar-refractivity contribution in [2.75, 3.05) is 0 Å². The maximum Gasteiger partial charge on any atom is 0.387 e. The van der Waals surface area contributed by atoms with Crippen LogP contribution in [0.15, 0.2) is 44.7 Å². The predicted octanol–water partition coefficient (Wildman–Crippen LogP) is 5.13. The highest BCUT2D eigenvalue weighted by molar-refractivity contribution is 7.91. The van der Waals surface area contributed by atoms with E-state index < -0.39 is 68.6 Å². The van der Waals surface area contributed by atoms with E-state index in [1.54, 1.807) is 6.92 Å². The molecule has 52 heavy (non-hydrogen) atoms. The minimum atomic E-state index is -4.17. The SMILES string of the molecule is Cc1c(-c2ncco2)sc2c1c(=O)n(C(C)(C)C(=O)NS(=O)(=O)C1(C)CC1)c(=O)n2C[C@H](OC1C[C@H]2CC[C@H](C1)O2)c1cc(F)ccc1OC(F)F. The quantitative estimate of drug-likeness (QED) is 0.205. The lowest BCUT2D eigenvalue weighted by molar-refractivity contribution is -0.126. The molecule has 7 rings (SSSR count). The van der Waals surface area contributed by atoms with Crippen LogP contribution in [0, 0.1) is 12.7 Å². The number of nitrogens with zero attached hydrogens (tertiary/aromatic N) is 3. The first kappa shape index (κ1) is 36.4. The van der Waals surface area contributed by atoms with Crippen LogP contribution in [0.1, 0.15) is 76.5 Å². The summed E-state index contributed by atoms with van der Waals surface area (Å²) in [5, 5.41) is 0.00171. The molecule has 0 unspecified atom stereocenters. The van der Waals surface area contributed by atoms with Gasteiger partial charge in [0.2, 0.25) is 15.9 Å². The van der Waals surface area contributed by atoms with Crippen LogP contribution in [-0.4, -0.2) is 58.1 Å². The zero-order chi connectivity index (χ0) is 37.3. The first-order valence-electron chi connectivity index (χ1n) is 16.8. The van der Waals surface area contributed by atoms with Crippen molar-refractivity contribution in [3.8, 4) is 16.5 Å². The Morgan fingerprint density at radius 2 is 1.88 bits per heavy atom. The number of alkyl halides is 2. The second-order valence-electron chi connectivity index (χ2n) is 14.3. The summed E-state index contributed by atoms with van der Waals surface area (Å²) < 4.78 is 93.9. The average molecular weight is 767 g/mol. The number of carbonyl (C=O) groups excluding carboxylic acids is 1. The topological polar surface area (TPSA) is 161 Å². The molecule has 1 amide bonds. The molecular weight excluding hydrogens is 730 g/mol. The Morgan fingerprint density at radius 1 is 1.19 bits per heavy atom. The van der Waals surface area contributed by atoms with Gasteiger partial charge >= 0.3 is 12.3 Å². The van der Waals surface area contributed by atoms with Crippen molar-refractivity contribution in [1.29, 1.82) is 0 Å². The number of benzene rings is 1. The third kappa shape index (κ3) is 6.47. The molecule has 18 heteroatoms. The summed E-state index contributed by atoms with van der Waals surface area (Å²) in [5.74, 6) is -2.13. The van der Waals surface area contributed by atoms with Crippen molar-refractivity contribution in [2.24, 2.45) is 0 Å². The van der Waals surface area contributed by atoms with Crippen LogP contribution in [0.25, 0.3) is 21.0 Å². The number of oxazole rings is 1. The molecule has 13 nitrogen and oxygen atoms in total. The van der Waals surface area contributed by atoms with Crippen LogP contribution in [0.4, 0.5) is 13.2 Å². The van der Waals surface area contributed by atoms with Gasteiger partial charge in [-0.1, -0.05) is 0 Å². The van der Waals surface area contributed by atoms with E-state index in [0.717, 1.165) is 46.9 Å². The summed E-state index contributed by atoms with van der Waals surface area (Å²) in [4.78, 5) is 47.5. The molecule has 2 aliphatic heterocycles. The fraction of sp³-hybridized carbons (Fsp3) is 0.529. The monoisotopic (exact) mass is 766 g/mol.